The van der Waals surface area contributed by atoms with E-state index in [1.54, 1.807) is 24.9 Å². The van der Waals surface area contributed by atoms with E-state index in [2.05, 4.69) is 0 Å². The van der Waals surface area contributed by atoms with E-state index in [-0.39, 0.29) is 5.75 Å². The molecular formula is C13H20FNO2S. The number of rotatable bonds is 8. The second-order valence-electron chi connectivity index (χ2n) is 3.86. The van der Waals surface area contributed by atoms with Gasteiger partial charge in [0.05, 0.1) is 6.61 Å². The molecule has 0 heterocycles. The van der Waals surface area contributed by atoms with Gasteiger partial charge in [-0.2, -0.15) is 0 Å². The largest absolute Gasteiger partial charge is 0.490 e. The van der Waals surface area contributed by atoms with Gasteiger partial charge in [-0.3, -0.25) is 0 Å². The topological polar surface area (TPSA) is 44.5 Å². The summed E-state index contributed by atoms with van der Waals surface area (Å²) >= 11 is 1.59. The molecule has 0 fully saturated rings. The molecule has 18 heavy (non-hydrogen) atoms. The molecule has 0 aromatic heterocycles. The van der Waals surface area contributed by atoms with E-state index >= 15 is 0 Å². The molecule has 1 aromatic carbocycles. The van der Waals surface area contributed by atoms with E-state index in [0.717, 1.165) is 23.5 Å². The molecule has 0 aliphatic carbocycles. The average Bonchev–Trinajstić information content (AvgIpc) is 2.35. The summed E-state index contributed by atoms with van der Waals surface area (Å²) in [4.78, 5) is 0.860. The molecule has 0 spiro atoms. The number of halogens is 1. The van der Waals surface area contributed by atoms with E-state index in [1.165, 1.54) is 6.07 Å². The number of hydrogen-bond donors (Lipinski definition) is 1. The van der Waals surface area contributed by atoms with Crippen molar-refractivity contribution in [3.63, 3.8) is 0 Å². The maximum Gasteiger partial charge on any atom is 0.167 e. The third kappa shape index (κ3) is 4.74. The summed E-state index contributed by atoms with van der Waals surface area (Å²) in [7, 11) is 1.67. The zero-order chi connectivity index (χ0) is 13.4. The SMILES string of the molecule is CCCOc1cc(SCCCOC)c(N)cc1F. The van der Waals surface area contributed by atoms with Crippen LogP contribution in [0.25, 0.3) is 0 Å². The van der Waals surface area contributed by atoms with Crippen LogP contribution < -0.4 is 10.5 Å². The van der Waals surface area contributed by atoms with E-state index in [9.17, 15) is 4.39 Å². The van der Waals surface area contributed by atoms with Gasteiger partial charge in [-0.25, -0.2) is 4.39 Å². The van der Waals surface area contributed by atoms with Crippen LogP contribution in [-0.2, 0) is 4.74 Å². The fraction of sp³-hybridized carbons (Fsp3) is 0.538. The Labute approximate surface area is 112 Å². The Bertz CT molecular complexity index is 374. The smallest absolute Gasteiger partial charge is 0.167 e. The van der Waals surface area contributed by atoms with Crippen molar-refractivity contribution < 1.29 is 13.9 Å². The Kier molecular flexibility index (Phi) is 6.90. The number of benzene rings is 1. The van der Waals surface area contributed by atoms with Crippen LogP contribution in [0.1, 0.15) is 19.8 Å². The molecule has 0 radical (unpaired) electrons. The van der Waals surface area contributed by atoms with Crippen molar-refractivity contribution in [1.82, 2.24) is 0 Å². The fourth-order valence-electron chi connectivity index (χ4n) is 1.38. The number of nitrogen functional groups attached to an aromatic ring is 1. The number of hydrogen-bond acceptors (Lipinski definition) is 4. The Hall–Kier alpha value is -0.940. The number of thioether (sulfide) groups is 1. The predicted octanol–water partition coefficient (Wildman–Crippen LogP) is 3.33. The van der Waals surface area contributed by atoms with Crippen molar-refractivity contribution in [3.05, 3.63) is 17.9 Å². The molecule has 0 bridgehead atoms. The molecule has 0 saturated carbocycles. The minimum atomic E-state index is -0.401. The first-order valence-electron chi connectivity index (χ1n) is 6.02. The van der Waals surface area contributed by atoms with Gasteiger partial charge >= 0.3 is 0 Å². The number of nitrogens with two attached hydrogens (primary N) is 1. The Morgan fingerprint density at radius 3 is 2.78 bits per heavy atom. The van der Waals surface area contributed by atoms with Crippen molar-refractivity contribution in [2.45, 2.75) is 24.7 Å². The van der Waals surface area contributed by atoms with Crippen LogP contribution >= 0.6 is 11.8 Å². The monoisotopic (exact) mass is 273 g/mol. The standard InChI is InChI=1S/C13H20FNO2S/c1-3-5-17-12-9-13(11(15)8-10(12)14)18-7-4-6-16-2/h8-9H,3-7,15H2,1-2H3. The quantitative estimate of drug-likeness (QED) is 0.448. The zero-order valence-corrected chi connectivity index (χ0v) is 11.7. The lowest BCUT2D eigenvalue weighted by atomic mass is 10.3. The van der Waals surface area contributed by atoms with Crippen molar-refractivity contribution in [2.75, 3.05) is 31.8 Å². The highest BCUT2D eigenvalue weighted by Gasteiger charge is 2.09. The molecule has 102 valence electrons. The Balaban J connectivity index is 2.65. The number of anilines is 1. The highest BCUT2D eigenvalue weighted by atomic mass is 32.2. The Morgan fingerprint density at radius 1 is 1.33 bits per heavy atom. The van der Waals surface area contributed by atoms with Crippen molar-refractivity contribution in [2.24, 2.45) is 0 Å². The summed E-state index contributed by atoms with van der Waals surface area (Å²) in [6.07, 6.45) is 1.78. The molecule has 1 rings (SSSR count). The summed E-state index contributed by atoms with van der Waals surface area (Å²) in [5.74, 6) is 0.763. The average molecular weight is 273 g/mol. The second-order valence-corrected chi connectivity index (χ2v) is 5.00. The van der Waals surface area contributed by atoms with Crippen LogP contribution in [0.5, 0.6) is 5.75 Å². The van der Waals surface area contributed by atoms with E-state index in [0.29, 0.717) is 18.9 Å². The molecule has 0 unspecified atom stereocenters. The summed E-state index contributed by atoms with van der Waals surface area (Å²) in [6.45, 7) is 3.21. The minimum absolute atomic E-state index is 0.278. The predicted molar refractivity (Wildman–Crippen MR) is 73.8 cm³/mol. The lowest BCUT2D eigenvalue weighted by molar-refractivity contribution is 0.200. The van der Waals surface area contributed by atoms with E-state index in [1.807, 2.05) is 6.92 Å². The summed E-state index contributed by atoms with van der Waals surface area (Å²) in [5.41, 5.74) is 6.24. The molecule has 0 amide bonds. The summed E-state index contributed by atoms with van der Waals surface area (Å²) < 4.78 is 23.9. The zero-order valence-electron chi connectivity index (χ0n) is 10.9. The van der Waals surface area contributed by atoms with Crippen LogP contribution in [0.15, 0.2) is 17.0 Å². The van der Waals surface area contributed by atoms with Crippen LogP contribution in [0.3, 0.4) is 0 Å². The second kappa shape index (κ2) is 8.21. The van der Waals surface area contributed by atoms with Crippen molar-refractivity contribution in [3.8, 4) is 5.75 Å². The third-order valence-corrected chi connectivity index (χ3v) is 3.43. The van der Waals surface area contributed by atoms with Gasteiger partial charge < -0.3 is 15.2 Å². The molecule has 0 aliphatic rings. The van der Waals surface area contributed by atoms with Crippen LogP contribution in [0.4, 0.5) is 10.1 Å². The van der Waals surface area contributed by atoms with Gasteiger partial charge in [-0.15, -0.1) is 11.8 Å². The maximum absolute atomic E-state index is 13.6. The molecular weight excluding hydrogens is 253 g/mol. The van der Waals surface area contributed by atoms with Crippen LogP contribution in [-0.4, -0.2) is 26.1 Å². The van der Waals surface area contributed by atoms with Crippen LogP contribution in [0, 0.1) is 5.82 Å². The molecule has 2 N–H and O–H groups in total. The molecule has 1 aromatic rings. The first-order chi connectivity index (χ1) is 8.69. The molecule has 5 heteroatoms. The van der Waals surface area contributed by atoms with Crippen molar-refractivity contribution >= 4 is 17.4 Å². The first-order valence-corrected chi connectivity index (χ1v) is 7.01. The van der Waals surface area contributed by atoms with Gasteiger partial charge in [0.15, 0.2) is 11.6 Å². The first kappa shape index (κ1) is 15.1. The van der Waals surface area contributed by atoms with Gasteiger partial charge in [0.1, 0.15) is 0 Å². The normalized spacial score (nSPS) is 10.6. The minimum Gasteiger partial charge on any atom is -0.490 e. The number of ether oxygens (including phenoxy) is 2. The van der Waals surface area contributed by atoms with E-state index in [4.69, 9.17) is 15.2 Å². The highest BCUT2D eigenvalue weighted by molar-refractivity contribution is 7.99. The maximum atomic E-state index is 13.6. The van der Waals surface area contributed by atoms with Gasteiger partial charge in [-0.1, -0.05) is 6.92 Å². The lowest BCUT2D eigenvalue weighted by Crippen LogP contribution is -2.00. The lowest BCUT2D eigenvalue weighted by Gasteiger charge is -2.10. The van der Waals surface area contributed by atoms with E-state index < -0.39 is 5.82 Å². The van der Waals surface area contributed by atoms with Crippen LogP contribution in [0.2, 0.25) is 0 Å². The molecule has 0 atom stereocenters. The van der Waals surface area contributed by atoms with Gasteiger partial charge in [0.2, 0.25) is 0 Å². The molecule has 3 nitrogen and oxygen atoms in total. The number of methoxy groups -OCH3 is 1. The fourth-order valence-corrected chi connectivity index (χ4v) is 2.28. The summed E-state index contributed by atoms with van der Waals surface area (Å²) in [6, 6.07) is 3.00. The van der Waals surface area contributed by atoms with Gasteiger partial charge in [0.25, 0.3) is 0 Å². The molecule has 0 saturated heterocycles. The third-order valence-electron chi connectivity index (χ3n) is 2.28. The van der Waals surface area contributed by atoms with Gasteiger partial charge in [-0.05, 0) is 18.9 Å². The summed E-state index contributed by atoms with van der Waals surface area (Å²) in [5, 5.41) is 0. The Morgan fingerprint density at radius 2 is 2.11 bits per heavy atom. The highest BCUT2D eigenvalue weighted by Crippen LogP contribution is 2.32. The van der Waals surface area contributed by atoms with Gasteiger partial charge in [0, 0.05) is 36.1 Å². The molecule has 0 aliphatic heterocycles. The van der Waals surface area contributed by atoms with Crippen molar-refractivity contribution in [1.29, 1.82) is 0 Å².